The maximum absolute atomic E-state index is 4.35. The molecule has 0 aromatic carbocycles. The van der Waals surface area contributed by atoms with Crippen LogP contribution in [-0.4, -0.2) is 9.78 Å². The Morgan fingerprint density at radius 2 is 2.42 bits per heavy atom. The van der Waals surface area contributed by atoms with E-state index in [9.17, 15) is 0 Å². The normalized spacial score (nSPS) is 17.8. The number of nitrogens with zero attached hydrogens (tertiary/aromatic N) is 2. The minimum Gasteiger partial charge on any atom is -0.269 e. The van der Waals surface area contributed by atoms with Crippen molar-refractivity contribution in [2.45, 2.75) is 32.7 Å². The van der Waals surface area contributed by atoms with Crippen LogP contribution in [0.25, 0.3) is 0 Å². The Balaban J connectivity index is 2.06. The summed E-state index contributed by atoms with van der Waals surface area (Å²) in [5.74, 6) is 0.902. The number of rotatable bonds is 2. The van der Waals surface area contributed by atoms with Gasteiger partial charge in [0.25, 0.3) is 0 Å². The minimum atomic E-state index is 0.902. The van der Waals surface area contributed by atoms with Crippen LogP contribution in [0, 0.1) is 16.4 Å². The van der Waals surface area contributed by atoms with Gasteiger partial charge in [-0.2, -0.15) is 5.10 Å². The standard InChI is InChI=1S/C9H13IN2/c1-7-9(10)5-11-12(7)6-8-3-2-4-8/h5,8H,2-4,6H2,1H3. The van der Waals surface area contributed by atoms with E-state index in [0.29, 0.717) is 0 Å². The molecule has 1 aliphatic rings. The van der Waals surface area contributed by atoms with Crippen LogP contribution >= 0.6 is 22.6 Å². The predicted molar refractivity (Wildman–Crippen MR) is 57.0 cm³/mol. The molecule has 1 saturated carbocycles. The Hall–Kier alpha value is -0.0600. The van der Waals surface area contributed by atoms with Crippen molar-refractivity contribution in [3.05, 3.63) is 15.5 Å². The lowest BCUT2D eigenvalue weighted by Gasteiger charge is -2.25. The van der Waals surface area contributed by atoms with Gasteiger partial charge in [0.05, 0.1) is 9.77 Å². The fraction of sp³-hybridized carbons (Fsp3) is 0.667. The smallest absolute Gasteiger partial charge is 0.0626 e. The van der Waals surface area contributed by atoms with Crippen molar-refractivity contribution < 1.29 is 0 Å². The average Bonchev–Trinajstić information content (AvgIpc) is 2.27. The lowest BCUT2D eigenvalue weighted by Crippen LogP contribution is -2.19. The monoisotopic (exact) mass is 276 g/mol. The van der Waals surface area contributed by atoms with Crippen LogP contribution in [-0.2, 0) is 6.54 Å². The molecule has 1 aromatic heterocycles. The van der Waals surface area contributed by atoms with E-state index in [-0.39, 0.29) is 0 Å². The molecule has 3 heteroatoms. The summed E-state index contributed by atoms with van der Waals surface area (Å²) < 4.78 is 3.43. The van der Waals surface area contributed by atoms with Gasteiger partial charge in [-0.25, -0.2) is 0 Å². The summed E-state index contributed by atoms with van der Waals surface area (Å²) >= 11 is 2.34. The van der Waals surface area contributed by atoms with Crippen LogP contribution < -0.4 is 0 Å². The summed E-state index contributed by atoms with van der Waals surface area (Å²) in [7, 11) is 0. The van der Waals surface area contributed by atoms with Crippen LogP contribution in [0.15, 0.2) is 6.20 Å². The molecule has 66 valence electrons. The SMILES string of the molecule is Cc1c(I)cnn1CC1CCC1. The zero-order valence-electron chi connectivity index (χ0n) is 7.26. The fourth-order valence-electron chi connectivity index (χ4n) is 1.53. The quantitative estimate of drug-likeness (QED) is 0.759. The summed E-state index contributed by atoms with van der Waals surface area (Å²) in [5, 5.41) is 4.35. The molecular formula is C9H13IN2. The molecule has 2 nitrogen and oxygen atoms in total. The van der Waals surface area contributed by atoms with Crippen molar-refractivity contribution in [1.29, 1.82) is 0 Å². The first-order chi connectivity index (χ1) is 5.77. The van der Waals surface area contributed by atoms with E-state index in [1.807, 2.05) is 6.20 Å². The van der Waals surface area contributed by atoms with E-state index in [0.717, 1.165) is 12.5 Å². The molecule has 0 saturated heterocycles. The van der Waals surface area contributed by atoms with Crippen LogP contribution in [0.4, 0.5) is 0 Å². The van der Waals surface area contributed by atoms with E-state index in [4.69, 9.17) is 0 Å². The van der Waals surface area contributed by atoms with Crippen molar-refractivity contribution >= 4 is 22.6 Å². The molecule has 0 radical (unpaired) electrons. The lowest BCUT2D eigenvalue weighted by molar-refractivity contribution is 0.264. The first kappa shape index (κ1) is 8.53. The molecule has 1 aromatic rings. The third kappa shape index (κ3) is 1.51. The van der Waals surface area contributed by atoms with Crippen molar-refractivity contribution in [2.24, 2.45) is 5.92 Å². The second-order valence-electron chi connectivity index (χ2n) is 3.56. The van der Waals surface area contributed by atoms with Gasteiger partial charge in [0.1, 0.15) is 0 Å². The van der Waals surface area contributed by atoms with Gasteiger partial charge in [0.2, 0.25) is 0 Å². The van der Waals surface area contributed by atoms with Crippen LogP contribution in [0.5, 0.6) is 0 Å². The fourth-order valence-corrected chi connectivity index (χ4v) is 1.93. The Morgan fingerprint density at radius 3 is 2.83 bits per heavy atom. The molecule has 0 unspecified atom stereocenters. The molecule has 0 atom stereocenters. The van der Waals surface area contributed by atoms with E-state index in [1.165, 1.54) is 28.5 Å². The van der Waals surface area contributed by atoms with E-state index in [2.05, 4.69) is 39.3 Å². The first-order valence-electron chi connectivity index (χ1n) is 4.45. The molecule has 0 spiro atoms. The number of aromatic nitrogens is 2. The Kier molecular flexibility index (Phi) is 2.39. The second kappa shape index (κ2) is 3.36. The van der Waals surface area contributed by atoms with Gasteiger partial charge in [-0.15, -0.1) is 0 Å². The molecule has 1 heterocycles. The predicted octanol–water partition coefficient (Wildman–Crippen LogP) is 2.60. The highest BCUT2D eigenvalue weighted by atomic mass is 127. The molecule has 12 heavy (non-hydrogen) atoms. The molecule has 1 aliphatic carbocycles. The number of hydrogen-bond acceptors (Lipinski definition) is 1. The zero-order chi connectivity index (χ0) is 8.55. The van der Waals surface area contributed by atoms with Gasteiger partial charge in [-0.05, 0) is 48.3 Å². The average molecular weight is 276 g/mol. The maximum Gasteiger partial charge on any atom is 0.0626 e. The minimum absolute atomic E-state index is 0.902. The lowest BCUT2D eigenvalue weighted by atomic mass is 9.85. The first-order valence-corrected chi connectivity index (χ1v) is 5.53. The molecule has 2 rings (SSSR count). The highest BCUT2D eigenvalue weighted by Gasteiger charge is 2.18. The third-order valence-corrected chi connectivity index (χ3v) is 3.76. The summed E-state index contributed by atoms with van der Waals surface area (Å²) in [6.07, 6.45) is 6.17. The molecular weight excluding hydrogens is 263 g/mol. The summed E-state index contributed by atoms with van der Waals surface area (Å²) in [6, 6.07) is 0. The summed E-state index contributed by atoms with van der Waals surface area (Å²) in [5.41, 5.74) is 1.32. The van der Waals surface area contributed by atoms with E-state index >= 15 is 0 Å². The number of hydrogen-bond donors (Lipinski definition) is 0. The van der Waals surface area contributed by atoms with Gasteiger partial charge in [-0.3, -0.25) is 4.68 Å². The van der Waals surface area contributed by atoms with Crippen molar-refractivity contribution in [1.82, 2.24) is 9.78 Å². The van der Waals surface area contributed by atoms with Crippen LogP contribution in [0.3, 0.4) is 0 Å². The molecule has 0 N–H and O–H groups in total. The van der Waals surface area contributed by atoms with Gasteiger partial charge in [0.15, 0.2) is 0 Å². The van der Waals surface area contributed by atoms with E-state index in [1.54, 1.807) is 0 Å². The van der Waals surface area contributed by atoms with Gasteiger partial charge in [-0.1, -0.05) is 6.42 Å². The van der Waals surface area contributed by atoms with Crippen molar-refractivity contribution in [3.8, 4) is 0 Å². The van der Waals surface area contributed by atoms with E-state index < -0.39 is 0 Å². The highest BCUT2D eigenvalue weighted by molar-refractivity contribution is 14.1. The van der Waals surface area contributed by atoms with Gasteiger partial charge < -0.3 is 0 Å². The largest absolute Gasteiger partial charge is 0.269 e. The zero-order valence-corrected chi connectivity index (χ0v) is 9.41. The topological polar surface area (TPSA) is 17.8 Å². The molecule has 0 aliphatic heterocycles. The molecule has 0 amide bonds. The molecule has 1 fully saturated rings. The van der Waals surface area contributed by atoms with Gasteiger partial charge in [0, 0.05) is 12.2 Å². The Bertz CT molecular complexity index is 276. The summed E-state index contributed by atoms with van der Waals surface area (Å²) in [6.45, 7) is 3.28. The van der Waals surface area contributed by atoms with Crippen molar-refractivity contribution in [3.63, 3.8) is 0 Å². The van der Waals surface area contributed by atoms with Gasteiger partial charge >= 0.3 is 0 Å². The Labute approximate surface area is 86.5 Å². The van der Waals surface area contributed by atoms with Crippen LogP contribution in [0.1, 0.15) is 25.0 Å². The third-order valence-electron chi connectivity index (χ3n) is 2.70. The van der Waals surface area contributed by atoms with Crippen molar-refractivity contribution in [2.75, 3.05) is 0 Å². The molecule has 0 bridgehead atoms. The highest BCUT2D eigenvalue weighted by Crippen LogP contribution is 2.28. The maximum atomic E-state index is 4.35. The Morgan fingerprint density at radius 1 is 1.67 bits per heavy atom. The summed E-state index contributed by atoms with van der Waals surface area (Å²) in [4.78, 5) is 0. The number of halogens is 1. The second-order valence-corrected chi connectivity index (χ2v) is 4.72. The van der Waals surface area contributed by atoms with Crippen LogP contribution in [0.2, 0.25) is 0 Å².